The summed E-state index contributed by atoms with van der Waals surface area (Å²) in [6.07, 6.45) is 0. The number of nitrogens with one attached hydrogen (secondary N) is 1. The van der Waals surface area contributed by atoms with Crippen LogP contribution in [0, 0.1) is 0 Å². The SMILES string of the molecule is O=c1nc(Nc2ccccc2)oc2cc(Cl)oc(=O)c12. The van der Waals surface area contributed by atoms with E-state index in [1.807, 2.05) is 18.2 Å². The number of anilines is 2. The normalized spacial score (nSPS) is 10.7. The quantitative estimate of drug-likeness (QED) is 0.780. The minimum atomic E-state index is -0.875. The van der Waals surface area contributed by atoms with Crippen molar-refractivity contribution in [1.82, 2.24) is 4.98 Å². The first-order chi connectivity index (χ1) is 9.63. The van der Waals surface area contributed by atoms with Crippen molar-refractivity contribution in [1.29, 1.82) is 0 Å². The van der Waals surface area contributed by atoms with Crippen LogP contribution >= 0.6 is 11.6 Å². The lowest BCUT2D eigenvalue weighted by Crippen LogP contribution is -2.16. The molecule has 0 radical (unpaired) electrons. The molecule has 20 heavy (non-hydrogen) atoms. The van der Waals surface area contributed by atoms with Crippen LogP contribution in [-0.2, 0) is 0 Å². The molecule has 0 saturated carbocycles. The molecule has 0 aliphatic heterocycles. The van der Waals surface area contributed by atoms with Gasteiger partial charge in [0, 0.05) is 11.8 Å². The van der Waals surface area contributed by atoms with Crippen molar-refractivity contribution in [3.63, 3.8) is 0 Å². The average Bonchev–Trinajstić information content (AvgIpc) is 2.38. The number of halogens is 1. The molecular weight excluding hydrogens is 284 g/mol. The number of fused-ring (bicyclic) bond motifs is 1. The Hall–Kier alpha value is -2.60. The van der Waals surface area contributed by atoms with Crippen molar-refractivity contribution in [3.05, 3.63) is 62.4 Å². The predicted octanol–water partition coefficient (Wildman–Crippen LogP) is 2.54. The molecule has 6 nitrogen and oxygen atoms in total. The first kappa shape index (κ1) is 12.4. The number of hydrogen-bond acceptors (Lipinski definition) is 6. The first-order valence-corrected chi connectivity index (χ1v) is 5.98. The summed E-state index contributed by atoms with van der Waals surface area (Å²) >= 11 is 5.62. The van der Waals surface area contributed by atoms with Crippen LogP contribution in [0.3, 0.4) is 0 Å². The fraction of sp³-hybridized carbons (Fsp3) is 0. The molecule has 0 unspecified atom stereocenters. The van der Waals surface area contributed by atoms with E-state index in [-0.39, 0.29) is 22.2 Å². The summed E-state index contributed by atoms with van der Waals surface area (Å²) in [5, 5.41) is 2.39. The molecule has 0 fully saturated rings. The van der Waals surface area contributed by atoms with Crippen LogP contribution in [0.5, 0.6) is 0 Å². The second-order valence-electron chi connectivity index (χ2n) is 3.89. The molecule has 0 aliphatic carbocycles. The highest BCUT2D eigenvalue weighted by Gasteiger charge is 2.12. The third-order valence-corrected chi connectivity index (χ3v) is 2.72. The minimum Gasteiger partial charge on any atom is -0.424 e. The van der Waals surface area contributed by atoms with E-state index in [1.165, 1.54) is 6.07 Å². The van der Waals surface area contributed by atoms with Crippen LogP contribution in [-0.4, -0.2) is 4.98 Å². The van der Waals surface area contributed by atoms with Gasteiger partial charge in [-0.05, 0) is 23.7 Å². The third-order valence-electron chi connectivity index (χ3n) is 2.53. The predicted molar refractivity (Wildman–Crippen MR) is 73.5 cm³/mol. The van der Waals surface area contributed by atoms with Crippen LogP contribution in [0.25, 0.3) is 11.0 Å². The lowest BCUT2D eigenvalue weighted by atomic mass is 10.3. The van der Waals surface area contributed by atoms with Gasteiger partial charge in [-0.1, -0.05) is 18.2 Å². The number of aromatic nitrogens is 1. The molecule has 0 spiro atoms. The minimum absolute atomic E-state index is 0.0182. The summed E-state index contributed by atoms with van der Waals surface area (Å²) < 4.78 is 9.96. The molecule has 2 aromatic heterocycles. The molecule has 0 aliphatic rings. The van der Waals surface area contributed by atoms with Crippen molar-refractivity contribution in [3.8, 4) is 0 Å². The van der Waals surface area contributed by atoms with Gasteiger partial charge in [0.25, 0.3) is 5.56 Å². The molecule has 7 heteroatoms. The summed E-state index contributed by atoms with van der Waals surface area (Å²) in [7, 11) is 0. The van der Waals surface area contributed by atoms with Crippen molar-refractivity contribution < 1.29 is 8.83 Å². The fourth-order valence-electron chi connectivity index (χ4n) is 1.69. The van der Waals surface area contributed by atoms with Crippen LogP contribution in [0.2, 0.25) is 5.22 Å². The number of rotatable bonds is 2. The monoisotopic (exact) mass is 290 g/mol. The molecular formula is C13H7ClN2O4. The lowest BCUT2D eigenvalue weighted by molar-refractivity contribution is 0.511. The molecule has 1 N–H and O–H groups in total. The van der Waals surface area contributed by atoms with Crippen LogP contribution in [0.15, 0.2) is 54.8 Å². The molecule has 1 aromatic carbocycles. The van der Waals surface area contributed by atoms with E-state index >= 15 is 0 Å². The van der Waals surface area contributed by atoms with Gasteiger partial charge in [0.1, 0.15) is 0 Å². The molecule has 0 bridgehead atoms. The van der Waals surface area contributed by atoms with Gasteiger partial charge in [0.15, 0.2) is 11.0 Å². The van der Waals surface area contributed by atoms with Crippen molar-refractivity contribution in [2.75, 3.05) is 5.32 Å². The second-order valence-corrected chi connectivity index (χ2v) is 4.26. The van der Waals surface area contributed by atoms with Gasteiger partial charge in [0.2, 0.25) is 5.22 Å². The molecule has 0 amide bonds. The maximum atomic E-state index is 11.8. The Kier molecular flexibility index (Phi) is 3.00. The van der Waals surface area contributed by atoms with E-state index in [0.29, 0.717) is 5.69 Å². The second kappa shape index (κ2) is 4.82. The van der Waals surface area contributed by atoms with Gasteiger partial charge in [-0.25, -0.2) is 4.79 Å². The molecule has 3 rings (SSSR count). The molecule has 3 aromatic rings. The smallest absolute Gasteiger partial charge is 0.353 e. The maximum absolute atomic E-state index is 11.8. The third kappa shape index (κ3) is 2.28. The average molecular weight is 291 g/mol. The number of benzene rings is 1. The number of hydrogen-bond donors (Lipinski definition) is 1. The zero-order chi connectivity index (χ0) is 14.1. The van der Waals surface area contributed by atoms with E-state index in [9.17, 15) is 9.59 Å². The van der Waals surface area contributed by atoms with Crippen molar-refractivity contribution in [2.24, 2.45) is 0 Å². The Morgan fingerprint density at radius 2 is 1.85 bits per heavy atom. The molecule has 2 heterocycles. The van der Waals surface area contributed by atoms with Gasteiger partial charge in [0.05, 0.1) is 0 Å². The Morgan fingerprint density at radius 1 is 1.10 bits per heavy atom. The zero-order valence-electron chi connectivity index (χ0n) is 9.92. The van der Waals surface area contributed by atoms with Crippen LogP contribution in [0.1, 0.15) is 0 Å². The van der Waals surface area contributed by atoms with E-state index in [1.54, 1.807) is 12.1 Å². The molecule has 100 valence electrons. The van der Waals surface area contributed by atoms with Crippen molar-refractivity contribution >= 4 is 34.3 Å². The van der Waals surface area contributed by atoms with Crippen LogP contribution in [0.4, 0.5) is 11.7 Å². The molecule has 0 atom stereocenters. The Morgan fingerprint density at radius 3 is 2.60 bits per heavy atom. The maximum Gasteiger partial charge on any atom is 0.353 e. The van der Waals surface area contributed by atoms with E-state index in [4.69, 9.17) is 16.0 Å². The molecule has 0 saturated heterocycles. The first-order valence-electron chi connectivity index (χ1n) is 5.60. The van der Waals surface area contributed by atoms with E-state index in [0.717, 1.165) is 0 Å². The summed E-state index contributed by atoms with van der Waals surface area (Å²) in [6, 6.07) is 10.2. The van der Waals surface area contributed by atoms with Gasteiger partial charge >= 0.3 is 11.6 Å². The van der Waals surface area contributed by atoms with E-state index in [2.05, 4.69) is 14.7 Å². The highest BCUT2D eigenvalue weighted by molar-refractivity contribution is 6.29. The number of nitrogens with zero attached hydrogens (tertiary/aromatic N) is 1. The standard InChI is InChI=1S/C13H7ClN2O4/c14-9-6-8-10(12(18)20-9)11(17)16-13(19-8)15-7-4-2-1-3-5-7/h1-6H,(H,15,16,17). The largest absolute Gasteiger partial charge is 0.424 e. The van der Waals surface area contributed by atoms with Crippen molar-refractivity contribution in [2.45, 2.75) is 0 Å². The highest BCUT2D eigenvalue weighted by Crippen LogP contribution is 2.18. The lowest BCUT2D eigenvalue weighted by Gasteiger charge is -2.04. The summed E-state index contributed by atoms with van der Waals surface area (Å²) in [5.41, 5.74) is -0.906. The number of para-hydroxylation sites is 1. The van der Waals surface area contributed by atoms with Gasteiger partial charge in [-0.15, -0.1) is 0 Å². The summed E-state index contributed by atoms with van der Waals surface area (Å²) in [5.74, 6) is 0. The highest BCUT2D eigenvalue weighted by atomic mass is 35.5. The fourth-order valence-corrected chi connectivity index (χ4v) is 1.86. The van der Waals surface area contributed by atoms with Gasteiger partial charge < -0.3 is 14.2 Å². The Labute approximate surface area is 116 Å². The van der Waals surface area contributed by atoms with Crippen LogP contribution < -0.4 is 16.5 Å². The summed E-state index contributed by atoms with van der Waals surface area (Å²) in [4.78, 5) is 27.0. The summed E-state index contributed by atoms with van der Waals surface area (Å²) in [6.45, 7) is 0. The Balaban J connectivity index is 2.15. The van der Waals surface area contributed by atoms with Gasteiger partial charge in [-0.3, -0.25) is 4.79 Å². The Bertz CT molecular complexity index is 886. The zero-order valence-corrected chi connectivity index (χ0v) is 10.7. The van der Waals surface area contributed by atoms with E-state index < -0.39 is 11.2 Å². The van der Waals surface area contributed by atoms with Gasteiger partial charge in [-0.2, -0.15) is 4.98 Å². The topological polar surface area (TPSA) is 85.3 Å².